The van der Waals surface area contributed by atoms with Crippen molar-refractivity contribution in [2.24, 2.45) is 0 Å². The van der Waals surface area contributed by atoms with E-state index in [1.54, 1.807) is 0 Å². The number of halogens is 3. The van der Waals surface area contributed by atoms with Crippen LogP contribution < -0.4 is 0 Å². The van der Waals surface area contributed by atoms with Gasteiger partial charge in [0.25, 0.3) is 9.05 Å². The van der Waals surface area contributed by atoms with Crippen LogP contribution in [0.2, 0.25) is 0 Å². The van der Waals surface area contributed by atoms with Crippen LogP contribution in [-0.2, 0) is 13.8 Å². The standard InChI is InChI=1S/C8H5ClF2O4S/c1-15-8(12)5-2-4(16(9,13)14)3-6(10)7(5)11/h2-3H,1H3. The van der Waals surface area contributed by atoms with Crippen LogP contribution >= 0.6 is 10.7 Å². The molecular formula is C8H5ClF2O4S. The maximum atomic E-state index is 13.1. The highest BCUT2D eigenvalue weighted by Crippen LogP contribution is 2.22. The van der Waals surface area contributed by atoms with Gasteiger partial charge in [-0.05, 0) is 12.1 Å². The molecule has 1 aromatic rings. The molecule has 0 aliphatic rings. The van der Waals surface area contributed by atoms with Crippen molar-refractivity contribution in [1.82, 2.24) is 0 Å². The van der Waals surface area contributed by atoms with E-state index in [0.29, 0.717) is 12.1 Å². The Hall–Kier alpha value is -1.21. The lowest BCUT2D eigenvalue weighted by Gasteiger charge is -2.04. The first-order valence-corrected chi connectivity index (χ1v) is 6.10. The summed E-state index contributed by atoms with van der Waals surface area (Å²) >= 11 is 0. The van der Waals surface area contributed by atoms with Crippen LogP contribution in [0.4, 0.5) is 8.78 Å². The predicted molar refractivity (Wildman–Crippen MR) is 50.7 cm³/mol. The Balaban J connectivity index is 3.51. The van der Waals surface area contributed by atoms with Gasteiger partial charge in [-0.2, -0.15) is 0 Å². The quantitative estimate of drug-likeness (QED) is 0.606. The molecule has 1 aromatic carbocycles. The fourth-order valence-corrected chi connectivity index (χ4v) is 1.73. The number of ether oxygens (including phenoxy) is 1. The van der Waals surface area contributed by atoms with Crippen molar-refractivity contribution >= 4 is 25.7 Å². The van der Waals surface area contributed by atoms with Gasteiger partial charge in [-0.15, -0.1) is 0 Å². The molecule has 16 heavy (non-hydrogen) atoms. The van der Waals surface area contributed by atoms with E-state index in [0.717, 1.165) is 7.11 Å². The Morgan fingerprint density at radius 2 is 1.94 bits per heavy atom. The summed E-state index contributed by atoms with van der Waals surface area (Å²) in [6.07, 6.45) is 0. The van der Waals surface area contributed by atoms with Gasteiger partial charge in [0, 0.05) is 10.7 Å². The SMILES string of the molecule is COC(=O)c1cc(S(=O)(=O)Cl)cc(F)c1F. The molecule has 0 amide bonds. The van der Waals surface area contributed by atoms with E-state index in [1.807, 2.05) is 0 Å². The normalized spacial score (nSPS) is 11.2. The number of esters is 1. The summed E-state index contributed by atoms with van der Waals surface area (Å²) in [7, 11) is 1.63. The maximum Gasteiger partial charge on any atom is 0.341 e. The molecule has 0 atom stereocenters. The molecule has 4 nitrogen and oxygen atoms in total. The molecule has 0 fully saturated rings. The molecular weight excluding hydrogens is 266 g/mol. The highest BCUT2D eigenvalue weighted by atomic mass is 35.7. The van der Waals surface area contributed by atoms with E-state index in [4.69, 9.17) is 10.7 Å². The fourth-order valence-electron chi connectivity index (χ4n) is 0.963. The van der Waals surface area contributed by atoms with Crippen molar-refractivity contribution in [1.29, 1.82) is 0 Å². The van der Waals surface area contributed by atoms with Gasteiger partial charge in [0.05, 0.1) is 17.6 Å². The monoisotopic (exact) mass is 270 g/mol. The molecule has 0 aliphatic carbocycles. The molecule has 0 aromatic heterocycles. The molecule has 0 heterocycles. The lowest BCUT2D eigenvalue weighted by molar-refractivity contribution is 0.0594. The topological polar surface area (TPSA) is 60.4 Å². The second-order valence-corrected chi connectivity index (χ2v) is 5.26. The summed E-state index contributed by atoms with van der Waals surface area (Å²) in [6, 6.07) is 0.983. The average Bonchev–Trinajstić information content (AvgIpc) is 2.19. The first kappa shape index (κ1) is 12.9. The Labute approximate surface area is 94.2 Å². The van der Waals surface area contributed by atoms with Gasteiger partial charge in [-0.25, -0.2) is 22.0 Å². The van der Waals surface area contributed by atoms with E-state index in [2.05, 4.69) is 4.74 Å². The molecule has 88 valence electrons. The summed E-state index contributed by atoms with van der Waals surface area (Å²) in [5, 5.41) is 0. The zero-order valence-electron chi connectivity index (χ0n) is 7.83. The molecule has 0 spiro atoms. The van der Waals surface area contributed by atoms with Gasteiger partial charge < -0.3 is 4.74 Å². The number of rotatable bonds is 2. The van der Waals surface area contributed by atoms with E-state index in [1.165, 1.54) is 0 Å². The molecule has 1 rings (SSSR count). The third-order valence-electron chi connectivity index (χ3n) is 1.69. The third kappa shape index (κ3) is 2.48. The Morgan fingerprint density at radius 3 is 2.38 bits per heavy atom. The molecule has 0 N–H and O–H groups in total. The molecule has 0 aliphatic heterocycles. The van der Waals surface area contributed by atoms with E-state index >= 15 is 0 Å². The van der Waals surface area contributed by atoms with Gasteiger partial charge in [-0.1, -0.05) is 0 Å². The first-order chi connectivity index (χ1) is 7.27. The average molecular weight is 271 g/mol. The summed E-state index contributed by atoms with van der Waals surface area (Å²) in [5.41, 5.74) is -0.832. The number of hydrogen-bond acceptors (Lipinski definition) is 4. The number of methoxy groups -OCH3 is 1. The smallest absolute Gasteiger partial charge is 0.341 e. The Morgan fingerprint density at radius 1 is 1.38 bits per heavy atom. The summed E-state index contributed by atoms with van der Waals surface area (Å²) in [6.45, 7) is 0. The molecule has 0 bridgehead atoms. The summed E-state index contributed by atoms with van der Waals surface area (Å²) in [4.78, 5) is 10.3. The predicted octanol–water partition coefficient (Wildman–Crippen LogP) is 1.68. The molecule has 8 heteroatoms. The Bertz CT molecular complexity index is 541. The van der Waals surface area contributed by atoms with Crippen LogP contribution in [0.3, 0.4) is 0 Å². The number of carbonyl (C=O) groups is 1. The van der Waals surface area contributed by atoms with Gasteiger partial charge in [0.2, 0.25) is 0 Å². The second-order valence-electron chi connectivity index (χ2n) is 2.70. The van der Waals surface area contributed by atoms with E-state index < -0.39 is 37.1 Å². The summed E-state index contributed by atoms with van der Waals surface area (Å²) in [5.74, 6) is -4.18. The second kappa shape index (κ2) is 4.34. The minimum atomic E-state index is -4.25. The number of carbonyl (C=O) groups excluding carboxylic acids is 1. The molecule has 0 unspecified atom stereocenters. The van der Waals surface area contributed by atoms with Gasteiger partial charge in [0.1, 0.15) is 0 Å². The maximum absolute atomic E-state index is 13.1. The van der Waals surface area contributed by atoms with Crippen molar-refractivity contribution in [3.63, 3.8) is 0 Å². The van der Waals surface area contributed by atoms with E-state index in [-0.39, 0.29) is 0 Å². The van der Waals surface area contributed by atoms with Crippen LogP contribution in [0.15, 0.2) is 17.0 Å². The molecule has 0 saturated carbocycles. The molecule has 0 radical (unpaired) electrons. The fraction of sp³-hybridized carbons (Fsp3) is 0.125. The van der Waals surface area contributed by atoms with Crippen LogP contribution in [0.1, 0.15) is 10.4 Å². The Kier molecular flexibility index (Phi) is 3.49. The van der Waals surface area contributed by atoms with Crippen LogP contribution in [0, 0.1) is 11.6 Å². The first-order valence-electron chi connectivity index (χ1n) is 3.79. The largest absolute Gasteiger partial charge is 0.465 e. The van der Waals surface area contributed by atoms with E-state index in [9.17, 15) is 22.0 Å². The van der Waals surface area contributed by atoms with Gasteiger partial charge >= 0.3 is 5.97 Å². The highest BCUT2D eigenvalue weighted by molar-refractivity contribution is 8.13. The van der Waals surface area contributed by atoms with Crippen molar-refractivity contribution in [3.8, 4) is 0 Å². The van der Waals surface area contributed by atoms with Gasteiger partial charge in [-0.3, -0.25) is 0 Å². The van der Waals surface area contributed by atoms with Crippen LogP contribution in [0.25, 0.3) is 0 Å². The zero-order chi connectivity index (χ0) is 12.5. The summed E-state index contributed by atoms with van der Waals surface area (Å²) < 4.78 is 52.0. The lowest BCUT2D eigenvalue weighted by Crippen LogP contribution is -2.08. The number of benzene rings is 1. The van der Waals surface area contributed by atoms with Crippen molar-refractivity contribution in [3.05, 3.63) is 29.3 Å². The van der Waals surface area contributed by atoms with Crippen LogP contribution in [-0.4, -0.2) is 21.5 Å². The minimum absolute atomic E-state index is 0.379. The van der Waals surface area contributed by atoms with Crippen molar-refractivity contribution in [2.75, 3.05) is 7.11 Å². The zero-order valence-corrected chi connectivity index (χ0v) is 9.40. The third-order valence-corrected chi connectivity index (χ3v) is 3.02. The minimum Gasteiger partial charge on any atom is -0.465 e. The van der Waals surface area contributed by atoms with Crippen molar-refractivity contribution in [2.45, 2.75) is 4.90 Å². The lowest BCUT2D eigenvalue weighted by atomic mass is 10.2. The van der Waals surface area contributed by atoms with Crippen molar-refractivity contribution < 1.29 is 26.7 Å². The highest BCUT2D eigenvalue weighted by Gasteiger charge is 2.22. The number of hydrogen-bond donors (Lipinski definition) is 0. The molecule has 0 saturated heterocycles. The van der Waals surface area contributed by atoms with Crippen LogP contribution in [0.5, 0.6) is 0 Å². The van der Waals surface area contributed by atoms with Gasteiger partial charge in [0.15, 0.2) is 11.6 Å².